The molecule has 0 radical (unpaired) electrons. The molecule has 1 unspecified atom stereocenters. The molecule has 1 atom stereocenters. The van der Waals surface area contributed by atoms with Crippen molar-refractivity contribution in [3.63, 3.8) is 0 Å². The summed E-state index contributed by atoms with van der Waals surface area (Å²) in [5.41, 5.74) is 0. The van der Waals surface area contributed by atoms with Gasteiger partial charge in [-0.2, -0.15) is 0 Å². The minimum atomic E-state index is -0.681. The van der Waals surface area contributed by atoms with Crippen LogP contribution in [0.15, 0.2) is 6.07 Å². The van der Waals surface area contributed by atoms with Crippen LogP contribution < -0.4 is 10.6 Å². The molecule has 2 rings (SSSR count). The van der Waals surface area contributed by atoms with Crippen LogP contribution in [0.1, 0.15) is 19.8 Å². The second-order valence-electron chi connectivity index (χ2n) is 4.24. The number of nitrogens with zero attached hydrogens (tertiary/aromatic N) is 1. The normalized spacial score (nSPS) is 19.6. The molecule has 1 aromatic rings. The van der Waals surface area contributed by atoms with Crippen LogP contribution in [0.2, 0.25) is 0 Å². The summed E-state index contributed by atoms with van der Waals surface area (Å²) in [5.74, 6) is -1.22. The van der Waals surface area contributed by atoms with Gasteiger partial charge in [0.2, 0.25) is 0 Å². The summed E-state index contributed by atoms with van der Waals surface area (Å²) in [7, 11) is 0. The summed E-state index contributed by atoms with van der Waals surface area (Å²) in [6, 6.07) is 0.873. The van der Waals surface area contributed by atoms with Crippen LogP contribution in [0.5, 0.6) is 0 Å². The van der Waals surface area contributed by atoms with E-state index in [0.29, 0.717) is 13.2 Å². The van der Waals surface area contributed by atoms with Crippen molar-refractivity contribution in [3.8, 4) is 0 Å². The van der Waals surface area contributed by atoms with Crippen molar-refractivity contribution in [1.29, 1.82) is 0 Å². The lowest BCUT2D eigenvalue weighted by Gasteiger charge is -2.24. The van der Waals surface area contributed by atoms with Crippen LogP contribution in [0.25, 0.3) is 0 Å². The summed E-state index contributed by atoms with van der Waals surface area (Å²) in [6.07, 6.45) is 1.83. The minimum absolute atomic E-state index is 0.0284. The standard InChI is InChI=1S/C12H17F2N3O/c1-2-15-11-9(13)6-10(14)12(17-11)16-8-4-3-5-18-7-8/h6,8H,2-5,7H2,1H3,(H2,15,16,17). The number of hydrogen-bond donors (Lipinski definition) is 2. The van der Waals surface area contributed by atoms with Crippen molar-refractivity contribution in [3.05, 3.63) is 17.7 Å². The Labute approximate surface area is 105 Å². The summed E-state index contributed by atoms with van der Waals surface area (Å²) < 4.78 is 32.3. The fourth-order valence-corrected chi connectivity index (χ4v) is 1.91. The molecule has 2 N–H and O–H groups in total. The van der Waals surface area contributed by atoms with Crippen molar-refractivity contribution in [2.24, 2.45) is 0 Å². The third kappa shape index (κ3) is 3.07. The van der Waals surface area contributed by atoms with Gasteiger partial charge in [-0.15, -0.1) is 0 Å². The van der Waals surface area contributed by atoms with E-state index in [1.807, 2.05) is 6.92 Å². The lowest BCUT2D eigenvalue weighted by Crippen LogP contribution is -2.30. The molecule has 0 amide bonds. The summed E-state index contributed by atoms with van der Waals surface area (Å²) in [5, 5.41) is 5.71. The second kappa shape index (κ2) is 5.95. The smallest absolute Gasteiger partial charge is 0.168 e. The zero-order valence-corrected chi connectivity index (χ0v) is 10.3. The Kier molecular flexibility index (Phi) is 4.30. The first-order valence-corrected chi connectivity index (χ1v) is 6.15. The molecule has 0 bridgehead atoms. The van der Waals surface area contributed by atoms with E-state index in [-0.39, 0.29) is 17.7 Å². The predicted octanol–water partition coefficient (Wildman–Crippen LogP) is 2.38. The van der Waals surface area contributed by atoms with Crippen molar-refractivity contribution < 1.29 is 13.5 Å². The molecule has 0 spiro atoms. The number of aromatic nitrogens is 1. The number of anilines is 2. The number of rotatable bonds is 4. The van der Waals surface area contributed by atoms with E-state index in [1.165, 1.54) is 0 Å². The molecular formula is C12H17F2N3O. The molecule has 0 aromatic carbocycles. The van der Waals surface area contributed by atoms with Crippen LogP contribution in [-0.4, -0.2) is 30.8 Å². The Morgan fingerprint density at radius 2 is 2.17 bits per heavy atom. The monoisotopic (exact) mass is 257 g/mol. The Balaban J connectivity index is 2.12. The van der Waals surface area contributed by atoms with E-state index in [0.717, 1.165) is 25.5 Å². The lowest BCUT2D eigenvalue weighted by atomic mass is 10.1. The highest BCUT2D eigenvalue weighted by atomic mass is 19.1. The molecule has 18 heavy (non-hydrogen) atoms. The Hall–Kier alpha value is -1.43. The zero-order chi connectivity index (χ0) is 13.0. The maximum atomic E-state index is 13.6. The molecule has 100 valence electrons. The maximum Gasteiger partial charge on any atom is 0.168 e. The molecule has 0 saturated carbocycles. The van der Waals surface area contributed by atoms with E-state index < -0.39 is 11.6 Å². The van der Waals surface area contributed by atoms with Crippen molar-refractivity contribution in [2.45, 2.75) is 25.8 Å². The van der Waals surface area contributed by atoms with E-state index in [9.17, 15) is 8.78 Å². The first kappa shape index (κ1) is 13.0. The van der Waals surface area contributed by atoms with Gasteiger partial charge in [0.05, 0.1) is 12.6 Å². The summed E-state index contributed by atoms with van der Waals surface area (Å²) in [6.45, 7) is 3.61. The van der Waals surface area contributed by atoms with Crippen molar-refractivity contribution in [1.82, 2.24) is 4.98 Å². The highest BCUT2D eigenvalue weighted by molar-refractivity contribution is 5.48. The molecule has 1 aliphatic heterocycles. The summed E-state index contributed by atoms with van der Waals surface area (Å²) in [4.78, 5) is 3.93. The van der Waals surface area contributed by atoms with Crippen LogP contribution >= 0.6 is 0 Å². The fourth-order valence-electron chi connectivity index (χ4n) is 1.91. The Morgan fingerprint density at radius 1 is 1.39 bits per heavy atom. The van der Waals surface area contributed by atoms with Crippen molar-refractivity contribution in [2.75, 3.05) is 30.4 Å². The predicted molar refractivity (Wildman–Crippen MR) is 65.8 cm³/mol. The van der Waals surface area contributed by atoms with E-state index in [2.05, 4.69) is 15.6 Å². The van der Waals surface area contributed by atoms with Crippen LogP contribution in [0.4, 0.5) is 20.4 Å². The second-order valence-corrected chi connectivity index (χ2v) is 4.24. The van der Waals surface area contributed by atoms with Crippen LogP contribution in [0, 0.1) is 11.6 Å². The molecule has 1 fully saturated rings. The molecular weight excluding hydrogens is 240 g/mol. The first-order valence-electron chi connectivity index (χ1n) is 6.15. The zero-order valence-electron chi connectivity index (χ0n) is 10.3. The van der Waals surface area contributed by atoms with Gasteiger partial charge in [0.15, 0.2) is 23.3 Å². The van der Waals surface area contributed by atoms with Crippen molar-refractivity contribution >= 4 is 11.6 Å². The topological polar surface area (TPSA) is 46.2 Å². The molecule has 0 aliphatic carbocycles. The van der Waals surface area contributed by atoms with E-state index in [4.69, 9.17) is 4.74 Å². The van der Waals surface area contributed by atoms with Gasteiger partial charge in [0.25, 0.3) is 0 Å². The first-order chi connectivity index (χ1) is 8.70. The van der Waals surface area contributed by atoms with Gasteiger partial charge >= 0.3 is 0 Å². The average molecular weight is 257 g/mol. The van der Waals surface area contributed by atoms with Gasteiger partial charge in [-0.3, -0.25) is 0 Å². The van der Waals surface area contributed by atoms with Gasteiger partial charge in [-0.25, -0.2) is 13.8 Å². The van der Waals surface area contributed by atoms with Gasteiger partial charge in [0.1, 0.15) is 0 Å². The molecule has 4 nitrogen and oxygen atoms in total. The van der Waals surface area contributed by atoms with Gasteiger partial charge in [-0.05, 0) is 19.8 Å². The Morgan fingerprint density at radius 3 is 2.83 bits per heavy atom. The van der Waals surface area contributed by atoms with E-state index >= 15 is 0 Å². The Bertz CT molecular complexity index is 409. The molecule has 1 aromatic heterocycles. The summed E-state index contributed by atoms with van der Waals surface area (Å²) >= 11 is 0. The van der Waals surface area contributed by atoms with Crippen LogP contribution in [0.3, 0.4) is 0 Å². The largest absolute Gasteiger partial charge is 0.379 e. The molecule has 1 saturated heterocycles. The minimum Gasteiger partial charge on any atom is -0.379 e. The SMILES string of the molecule is CCNc1nc(NC2CCCOC2)c(F)cc1F. The van der Waals surface area contributed by atoms with Gasteiger partial charge in [0, 0.05) is 19.2 Å². The quantitative estimate of drug-likeness (QED) is 0.869. The average Bonchev–Trinajstić information content (AvgIpc) is 2.37. The number of pyridine rings is 1. The molecule has 1 aliphatic rings. The number of hydrogen-bond acceptors (Lipinski definition) is 4. The lowest BCUT2D eigenvalue weighted by molar-refractivity contribution is 0.0874. The maximum absolute atomic E-state index is 13.6. The third-order valence-electron chi connectivity index (χ3n) is 2.77. The van der Waals surface area contributed by atoms with Gasteiger partial charge in [-0.1, -0.05) is 0 Å². The van der Waals surface area contributed by atoms with Crippen LogP contribution in [-0.2, 0) is 4.74 Å². The number of halogens is 2. The molecule has 6 heteroatoms. The fraction of sp³-hybridized carbons (Fsp3) is 0.583. The number of ether oxygens (including phenoxy) is 1. The van der Waals surface area contributed by atoms with E-state index in [1.54, 1.807) is 0 Å². The highest BCUT2D eigenvalue weighted by Crippen LogP contribution is 2.21. The number of nitrogens with one attached hydrogen (secondary N) is 2. The van der Waals surface area contributed by atoms with Gasteiger partial charge < -0.3 is 15.4 Å². The highest BCUT2D eigenvalue weighted by Gasteiger charge is 2.18. The third-order valence-corrected chi connectivity index (χ3v) is 2.77. The molecule has 2 heterocycles.